The van der Waals surface area contributed by atoms with Crippen molar-refractivity contribution >= 4 is 28.6 Å². The molecule has 2 heterocycles. The fourth-order valence-electron chi connectivity index (χ4n) is 3.36. The van der Waals surface area contributed by atoms with Crippen molar-refractivity contribution in [3.63, 3.8) is 0 Å². The van der Waals surface area contributed by atoms with Crippen molar-refractivity contribution in [3.05, 3.63) is 46.8 Å². The molecule has 6 heteroatoms. The zero-order valence-corrected chi connectivity index (χ0v) is 13.9. The molecule has 2 amide bonds. The Morgan fingerprint density at radius 2 is 1.44 bits per heavy atom. The Bertz CT molecular complexity index is 894. The molecule has 2 aromatic rings. The Labute approximate surface area is 144 Å². The van der Waals surface area contributed by atoms with Crippen LogP contribution >= 0.6 is 0 Å². The normalized spacial score (nSPS) is 17.9. The van der Waals surface area contributed by atoms with E-state index >= 15 is 0 Å². The minimum absolute atomic E-state index is 0.203. The number of allylic oxidation sites excluding steroid dienone is 2. The lowest BCUT2D eigenvalue weighted by molar-refractivity contribution is -0.117. The van der Waals surface area contributed by atoms with Gasteiger partial charge in [-0.2, -0.15) is 0 Å². The van der Waals surface area contributed by atoms with Gasteiger partial charge in [0.15, 0.2) is 0 Å². The van der Waals surface area contributed by atoms with E-state index < -0.39 is 11.8 Å². The number of fused-ring (bicyclic) bond motifs is 3. The number of aromatic nitrogens is 2. The summed E-state index contributed by atoms with van der Waals surface area (Å²) in [6, 6.07) is 3.26. The minimum atomic E-state index is -0.437. The van der Waals surface area contributed by atoms with Gasteiger partial charge in [0.25, 0.3) is 11.8 Å². The Balaban J connectivity index is 1.82. The number of aryl methyl sites for hydroxylation is 2. The zero-order chi connectivity index (χ0) is 17.6. The van der Waals surface area contributed by atoms with Gasteiger partial charge in [-0.05, 0) is 44.7 Å². The molecule has 1 aromatic heterocycles. The van der Waals surface area contributed by atoms with Crippen LogP contribution in [-0.4, -0.2) is 39.0 Å². The van der Waals surface area contributed by atoms with Crippen molar-refractivity contribution < 1.29 is 14.4 Å². The van der Waals surface area contributed by atoms with E-state index in [9.17, 15) is 14.4 Å². The van der Waals surface area contributed by atoms with E-state index in [0.717, 1.165) is 42.0 Å². The van der Waals surface area contributed by atoms with E-state index in [2.05, 4.69) is 12.2 Å². The molecule has 0 radical (unpaired) electrons. The molecule has 25 heavy (non-hydrogen) atoms. The Hall–Kier alpha value is -2.89. The van der Waals surface area contributed by atoms with Gasteiger partial charge in [-0.3, -0.25) is 19.3 Å². The second kappa shape index (κ2) is 5.88. The molecule has 0 unspecified atom stereocenters. The van der Waals surface area contributed by atoms with Crippen LogP contribution in [0.1, 0.15) is 51.9 Å². The minimum Gasteiger partial charge on any atom is -0.298 e. The van der Waals surface area contributed by atoms with E-state index in [1.807, 2.05) is 0 Å². The van der Waals surface area contributed by atoms with Gasteiger partial charge in [0.2, 0.25) is 0 Å². The number of carbonyl (C=O) groups is 3. The molecule has 0 N–H and O–H groups in total. The number of benzene rings is 1. The molecule has 1 aromatic carbocycles. The third kappa shape index (κ3) is 2.63. The maximum atomic E-state index is 12.5. The fraction of sp³-hybridized carbons (Fsp3) is 0.316. The highest BCUT2D eigenvalue weighted by Crippen LogP contribution is 2.28. The summed E-state index contributed by atoms with van der Waals surface area (Å²) in [5.41, 5.74) is 3.75. The van der Waals surface area contributed by atoms with Crippen LogP contribution in [0.5, 0.6) is 0 Å². The van der Waals surface area contributed by atoms with Crippen LogP contribution in [0.15, 0.2) is 24.3 Å². The molecule has 0 saturated carbocycles. The third-order valence-electron chi connectivity index (χ3n) is 4.55. The van der Waals surface area contributed by atoms with Gasteiger partial charge in [-0.1, -0.05) is 12.2 Å². The van der Waals surface area contributed by atoms with Gasteiger partial charge in [0.05, 0.1) is 40.1 Å². The average Bonchev–Trinajstić information content (AvgIpc) is 2.77. The van der Waals surface area contributed by atoms with Crippen LogP contribution in [0.2, 0.25) is 0 Å². The van der Waals surface area contributed by atoms with Gasteiger partial charge in [-0.15, -0.1) is 0 Å². The molecule has 2 aliphatic rings. The lowest BCUT2D eigenvalue weighted by Crippen LogP contribution is -2.33. The monoisotopic (exact) mass is 335 g/mol. The molecule has 0 bridgehead atoms. The quantitative estimate of drug-likeness (QED) is 0.621. The molecule has 1 aliphatic carbocycles. The van der Waals surface area contributed by atoms with Crippen LogP contribution in [0.4, 0.5) is 0 Å². The first kappa shape index (κ1) is 15.6. The van der Waals surface area contributed by atoms with Gasteiger partial charge in [-0.25, -0.2) is 9.97 Å². The second-order valence-corrected chi connectivity index (χ2v) is 6.45. The number of carbonyl (C=O) groups excluding carboxylic acids is 3. The summed E-state index contributed by atoms with van der Waals surface area (Å²) in [5.74, 6) is -1.10. The highest BCUT2D eigenvalue weighted by molar-refractivity contribution is 6.23. The summed E-state index contributed by atoms with van der Waals surface area (Å²) in [6.07, 6.45) is 7.77. The topological polar surface area (TPSA) is 80.2 Å². The molecule has 4 rings (SSSR count). The molecular formula is C19H17N3O3. The fourth-order valence-corrected chi connectivity index (χ4v) is 3.36. The van der Waals surface area contributed by atoms with E-state index in [-0.39, 0.29) is 12.3 Å². The van der Waals surface area contributed by atoms with Crippen LogP contribution in [0, 0.1) is 0 Å². The number of nitrogens with zero attached hydrogens (tertiary/aromatic N) is 3. The van der Waals surface area contributed by atoms with E-state index in [0.29, 0.717) is 22.2 Å². The van der Waals surface area contributed by atoms with Crippen LogP contribution in [-0.2, 0) is 17.6 Å². The summed E-state index contributed by atoms with van der Waals surface area (Å²) in [4.78, 5) is 46.7. The number of rotatable bonds is 2. The molecule has 6 nitrogen and oxygen atoms in total. The molecule has 0 fully saturated rings. The van der Waals surface area contributed by atoms with Crippen LogP contribution < -0.4 is 0 Å². The maximum Gasteiger partial charge on any atom is 0.262 e. The predicted octanol–water partition coefficient (Wildman–Crippen LogP) is 2.25. The van der Waals surface area contributed by atoms with Crippen molar-refractivity contribution in [2.45, 2.75) is 32.6 Å². The number of Topliss-reactive ketones (excluding diaryl/α,β-unsaturated/α-hetero) is 1. The molecule has 1 aliphatic heterocycles. The van der Waals surface area contributed by atoms with Crippen molar-refractivity contribution in [1.29, 1.82) is 0 Å². The first-order valence-corrected chi connectivity index (χ1v) is 8.39. The molecule has 0 atom stereocenters. The largest absolute Gasteiger partial charge is 0.298 e. The predicted molar refractivity (Wildman–Crippen MR) is 91.4 cm³/mol. The number of imide groups is 1. The molecule has 126 valence electrons. The maximum absolute atomic E-state index is 12.5. The summed E-state index contributed by atoms with van der Waals surface area (Å²) < 4.78 is 0. The number of amides is 2. The second-order valence-electron chi connectivity index (χ2n) is 6.45. The lowest BCUT2D eigenvalue weighted by atomic mass is 10.0. The summed E-state index contributed by atoms with van der Waals surface area (Å²) in [6.45, 7) is 1.16. The SMILES string of the molecule is CC(=O)CN1C(=O)c2cc3nc4c(nc3cc2C1=O)CC/C=C/CC4. The van der Waals surface area contributed by atoms with E-state index in [1.54, 1.807) is 12.1 Å². The van der Waals surface area contributed by atoms with E-state index in [1.165, 1.54) is 6.92 Å². The summed E-state index contributed by atoms with van der Waals surface area (Å²) in [7, 11) is 0. The third-order valence-corrected chi connectivity index (χ3v) is 4.55. The van der Waals surface area contributed by atoms with Crippen molar-refractivity contribution in [2.24, 2.45) is 0 Å². The Kier molecular flexibility index (Phi) is 3.67. The zero-order valence-electron chi connectivity index (χ0n) is 13.9. The number of hydrogen-bond donors (Lipinski definition) is 0. The molecule has 0 spiro atoms. The number of ketones is 1. The Morgan fingerprint density at radius 1 is 0.960 bits per heavy atom. The van der Waals surface area contributed by atoms with Gasteiger partial charge in [0.1, 0.15) is 5.78 Å². The standard InChI is InChI=1S/C19H17N3O3/c1-11(23)10-22-18(24)12-8-16-17(9-13(12)19(22)25)21-15-7-5-3-2-4-6-14(15)20-16/h2-3,8-9H,4-7,10H2,1H3/b3-2+. The first-order chi connectivity index (χ1) is 12.0. The smallest absolute Gasteiger partial charge is 0.262 e. The Morgan fingerprint density at radius 3 is 1.88 bits per heavy atom. The average molecular weight is 335 g/mol. The molecule has 0 saturated heterocycles. The van der Waals surface area contributed by atoms with E-state index in [4.69, 9.17) is 9.97 Å². The van der Waals surface area contributed by atoms with Gasteiger partial charge < -0.3 is 0 Å². The van der Waals surface area contributed by atoms with Gasteiger partial charge >= 0.3 is 0 Å². The highest BCUT2D eigenvalue weighted by Gasteiger charge is 2.36. The summed E-state index contributed by atoms with van der Waals surface area (Å²) in [5, 5.41) is 0. The molecular weight excluding hydrogens is 318 g/mol. The van der Waals surface area contributed by atoms with Crippen LogP contribution in [0.25, 0.3) is 11.0 Å². The van der Waals surface area contributed by atoms with Crippen molar-refractivity contribution in [3.8, 4) is 0 Å². The van der Waals surface area contributed by atoms with Gasteiger partial charge in [0, 0.05) is 0 Å². The highest BCUT2D eigenvalue weighted by atomic mass is 16.2. The lowest BCUT2D eigenvalue weighted by Gasteiger charge is -2.11. The van der Waals surface area contributed by atoms with Crippen LogP contribution in [0.3, 0.4) is 0 Å². The first-order valence-electron chi connectivity index (χ1n) is 8.39. The van der Waals surface area contributed by atoms with Crippen molar-refractivity contribution in [2.75, 3.05) is 6.54 Å². The number of hydrogen-bond acceptors (Lipinski definition) is 5. The summed E-state index contributed by atoms with van der Waals surface area (Å²) >= 11 is 0. The van der Waals surface area contributed by atoms with Crippen molar-refractivity contribution in [1.82, 2.24) is 14.9 Å².